The molecule has 2 heterocycles. The van der Waals surface area contributed by atoms with Gasteiger partial charge in [0.05, 0.1) is 36.7 Å². The quantitative estimate of drug-likeness (QED) is 0.758. The van der Waals surface area contributed by atoms with E-state index in [1.807, 2.05) is 5.38 Å². The fraction of sp³-hybridized carbons (Fsp3) is 0.538. The molecule has 0 aliphatic heterocycles. The van der Waals surface area contributed by atoms with Crippen LogP contribution in [0.25, 0.3) is 0 Å². The summed E-state index contributed by atoms with van der Waals surface area (Å²) in [6.07, 6.45) is 0. The maximum atomic E-state index is 11.7. The Bertz CT molecular complexity index is 621. The van der Waals surface area contributed by atoms with E-state index in [9.17, 15) is 4.79 Å². The van der Waals surface area contributed by atoms with Crippen molar-refractivity contribution in [3.63, 3.8) is 0 Å². The van der Waals surface area contributed by atoms with Crippen LogP contribution in [0.15, 0.2) is 5.38 Å². The predicted molar refractivity (Wildman–Crippen MR) is 77.4 cm³/mol. The molecule has 0 saturated heterocycles. The fourth-order valence-electron chi connectivity index (χ4n) is 1.81. The number of ether oxygens (including phenoxy) is 2. The van der Waals surface area contributed by atoms with Crippen LogP contribution in [-0.2, 0) is 22.6 Å². The van der Waals surface area contributed by atoms with Gasteiger partial charge in [-0.2, -0.15) is 0 Å². The lowest BCUT2D eigenvalue weighted by Gasteiger charge is -2.05. The molecule has 0 radical (unpaired) electrons. The largest absolute Gasteiger partial charge is 0.464 e. The molecule has 0 aliphatic carbocycles. The molecule has 0 aliphatic rings. The predicted octanol–water partition coefficient (Wildman–Crippen LogP) is 1.84. The van der Waals surface area contributed by atoms with Gasteiger partial charge in [0.1, 0.15) is 0 Å². The number of nitrogens with zero attached hydrogens (tertiary/aromatic N) is 4. The zero-order chi connectivity index (χ0) is 15.4. The molecule has 0 unspecified atom stereocenters. The van der Waals surface area contributed by atoms with Crippen LogP contribution in [0.3, 0.4) is 0 Å². The van der Waals surface area contributed by atoms with Gasteiger partial charge in [-0.15, -0.1) is 16.4 Å². The Hall–Kier alpha value is -1.80. The fourth-order valence-corrected chi connectivity index (χ4v) is 2.63. The van der Waals surface area contributed by atoms with Crippen LogP contribution in [0, 0.1) is 0 Å². The highest BCUT2D eigenvalue weighted by atomic mass is 32.1. The summed E-state index contributed by atoms with van der Waals surface area (Å²) in [7, 11) is 2.87. The second-order valence-corrected chi connectivity index (χ2v) is 5.69. The zero-order valence-electron chi connectivity index (χ0n) is 12.5. The first-order valence-electron chi connectivity index (χ1n) is 6.50. The monoisotopic (exact) mass is 310 g/mol. The highest BCUT2D eigenvalue weighted by Gasteiger charge is 2.20. The van der Waals surface area contributed by atoms with Crippen LogP contribution >= 0.6 is 11.3 Å². The SMILES string of the molecule is COCc1c(C(=O)OC)nnn1Cc1csc(C(C)C)n1. The number of hydrogen-bond acceptors (Lipinski definition) is 7. The van der Waals surface area contributed by atoms with Gasteiger partial charge in [-0.3, -0.25) is 0 Å². The second kappa shape index (κ2) is 6.77. The van der Waals surface area contributed by atoms with Gasteiger partial charge in [0.2, 0.25) is 0 Å². The first-order chi connectivity index (χ1) is 10.1. The smallest absolute Gasteiger partial charge is 0.360 e. The number of carbonyl (C=O) groups excluding carboxylic acids is 1. The second-order valence-electron chi connectivity index (χ2n) is 4.80. The number of carbonyl (C=O) groups is 1. The third-order valence-electron chi connectivity index (χ3n) is 2.87. The molecule has 0 bridgehead atoms. The number of rotatable bonds is 6. The van der Waals surface area contributed by atoms with Crippen molar-refractivity contribution < 1.29 is 14.3 Å². The van der Waals surface area contributed by atoms with Crippen molar-refractivity contribution in [2.24, 2.45) is 0 Å². The number of esters is 1. The normalized spacial score (nSPS) is 11.1. The van der Waals surface area contributed by atoms with Crippen molar-refractivity contribution in [1.82, 2.24) is 20.0 Å². The maximum absolute atomic E-state index is 11.7. The molecule has 8 heteroatoms. The molecule has 7 nitrogen and oxygen atoms in total. The van der Waals surface area contributed by atoms with Crippen molar-refractivity contribution in [2.45, 2.75) is 32.9 Å². The van der Waals surface area contributed by atoms with Crippen molar-refractivity contribution in [3.8, 4) is 0 Å². The van der Waals surface area contributed by atoms with Crippen LogP contribution in [0.4, 0.5) is 0 Å². The van der Waals surface area contributed by atoms with E-state index in [1.165, 1.54) is 7.11 Å². The molecule has 2 aromatic heterocycles. The minimum atomic E-state index is -0.519. The van der Waals surface area contributed by atoms with E-state index in [-0.39, 0.29) is 12.3 Å². The molecular formula is C13H18N4O3S. The Labute approximate surface area is 126 Å². The molecule has 0 atom stereocenters. The maximum Gasteiger partial charge on any atom is 0.360 e. The molecule has 114 valence electrons. The summed E-state index contributed by atoms with van der Waals surface area (Å²) in [5, 5.41) is 10.9. The first kappa shape index (κ1) is 15.6. The zero-order valence-corrected chi connectivity index (χ0v) is 13.3. The molecular weight excluding hydrogens is 292 g/mol. The number of methoxy groups -OCH3 is 2. The van der Waals surface area contributed by atoms with Gasteiger partial charge >= 0.3 is 5.97 Å². The lowest BCUT2D eigenvalue weighted by molar-refractivity contribution is 0.0588. The average Bonchev–Trinajstić information content (AvgIpc) is 3.07. The average molecular weight is 310 g/mol. The van der Waals surface area contributed by atoms with E-state index < -0.39 is 5.97 Å². The van der Waals surface area contributed by atoms with Gasteiger partial charge in [-0.1, -0.05) is 19.1 Å². The van der Waals surface area contributed by atoms with E-state index in [0.29, 0.717) is 18.2 Å². The van der Waals surface area contributed by atoms with E-state index in [0.717, 1.165) is 10.7 Å². The Morgan fingerprint density at radius 2 is 2.19 bits per heavy atom. The molecule has 2 rings (SSSR count). The summed E-state index contributed by atoms with van der Waals surface area (Å²) in [5.41, 5.74) is 1.66. The molecule has 2 aromatic rings. The molecule has 0 fully saturated rings. The summed E-state index contributed by atoms with van der Waals surface area (Å²) in [6, 6.07) is 0. The molecule has 0 saturated carbocycles. The summed E-state index contributed by atoms with van der Waals surface area (Å²) in [5.74, 6) is -0.127. The van der Waals surface area contributed by atoms with Crippen molar-refractivity contribution in [3.05, 3.63) is 27.5 Å². The van der Waals surface area contributed by atoms with E-state index in [2.05, 4.69) is 29.1 Å². The van der Waals surface area contributed by atoms with Gasteiger partial charge in [0.15, 0.2) is 5.69 Å². The third-order valence-corrected chi connectivity index (χ3v) is 4.07. The molecule has 0 aromatic carbocycles. The van der Waals surface area contributed by atoms with Crippen LogP contribution in [0.5, 0.6) is 0 Å². The summed E-state index contributed by atoms with van der Waals surface area (Å²) in [4.78, 5) is 16.2. The standard InChI is InChI=1S/C13H18N4O3S/c1-8(2)12-14-9(7-21-12)5-17-10(6-19-3)11(15-16-17)13(18)20-4/h7-8H,5-6H2,1-4H3. The Kier molecular flexibility index (Phi) is 5.03. The highest BCUT2D eigenvalue weighted by Crippen LogP contribution is 2.20. The summed E-state index contributed by atoms with van der Waals surface area (Å²) >= 11 is 1.62. The van der Waals surface area contributed by atoms with E-state index >= 15 is 0 Å². The minimum absolute atomic E-state index is 0.179. The van der Waals surface area contributed by atoms with Crippen LogP contribution in [0.2, 0.25) is 0 Å². The lowest BCUT2D eigenvalue weighted by atomic mass is 10.2. The number of aromatic nitrogens is 4. The Morgan fingerprint density at radius 1 is 1.43 bits per heavy atom. The van der Waals surface area contributed by atoms with Crippen LogP contribution in [0.1, 0.15) is 46.6 Å². The van der Waals surface area contributed by atoms with Crippen LogP contribution < -0.4 is 0 Å². The molecule has 0 spiro atoms. The van der Waals surface area contributed by atoms with Crippen LogP contribution in [-0.4, -0.2) is 40.2 Å². The van der Waals surface area contributed by atoms with Crippen molar-refractivity contribution in [2.75, 3.05) is 14.2 Å². The van der Waals surface area contributed by atoms with E-state index in [1.54, 1.807) is 23.1 Å². The molecule has 21 heavy (non-hydrogen) atoms. The highest BCUT2D eigenvalue weighted by molar-refractivity contribution is 7.09. The number of hydrogen-bond donors (Lipinski definition) is 0. The molecule has 0 N–H and O–H groups in total. The minimum Gasteiger partial charge on any atom is -0.464 e. The molecule has 0 amide bonds. The van der Waals surface area contributed by atoms with Gasteiger partial charge in [0.25, 0.3) is 0 Å². The topological polar surface area (TPSA) is 79.1 Å². The third kappa shape index (κ3) is 3.45. The van der Waals surface area contributed by atoms with E-state index in [4.69, 9.17) is 9.47 Å². The van der Waals surface area contributed by atoms with Gasteiger partial charge < -0.3 is 9.47 Å². The Morgan fingerprint density at radius 3 is 2.76 bits per heavy atom. The lowest BCUT2D eigenvalue weighted by Crippen LogP contribution is -2.11. The van der Waals surface area contributed by atoms with Crippen molar-refractivity contribution in [1.29, 1.82) is 0 Å². The van der Waals surface area contributed by atoms with Gasteiger partial charge in [-0.25, -0.2) is 14.5 Å². The summed E-state index contributed by atoms with van der Waals surface area (Å²) in [6.45, 7) is 4.89. The first-order valence-corrected chi connectivity index (χ1v) is 7.38. The van der Waals surface area contributed by atoms with Gasteiger partial charge in [-0.05, 0) is 0 Å². The summed E-state index contributed by atoms with van der Waals surface area (Å²) < 4.78 is 11.4. The Balaban J connectivity index is 2.26. The van der Waals surface area contributed by atoms with Crippen molar-refractivity contribution >= 4 is 17.3 Å². The van der Waals surface area contributed by atoms with Gasteiger partial charge in [0, 0.05) is 18.4 Å². The number of thiazole rings is 1.